The van der Waals surface area contributed by atoms with E-state index in [0.717, 1.165) is 11.8 Å². The fraction of sp³-hybridized carbons (Fsp3) is 0. The van der Waals surface area contributed by atoms with Gasteiger partial charge in [0.15, 0.2) is 0 Å². The second-order valence-corrected chi connectivity index (χ2v) is 2.65. The molecule has 0 fully saturated rings. The van der Waals surface area contributed by atoms with Crippen LogP contribution in [0.4, 0.5) is 5.69 Å². The van der Waals surface area contributed by atoms with E-state index in [2.05, 4.69) is 0 Å². The first kappa shape index (κ1) is 9.98. The zero-order valence-electron chi connectivity index (χ0n) is 7.46. The maximum absolute atomic E-state index is 9.92. The highest BCUT2D eigenvalue weighted by molar-refractivity contribution is 5.54. The van der Waals surface area contributed by atoms with E-state index in [-0.39, 0.29) is 0 Å². The Bertz CT molecular complexity index is 366. The van der Waals surface area contributed by atoms with Crippen molar-refractivity contribution in [2.24, 2.45) is 0 Å². The molecule has 0 saturated heterocycles. The van der Waals surface area contributed by atoms with Crippen molar-refractivity contribution >= 4 is 11.8 Å². The molecule has 4 nitrogen and oxygen atoms in total. The lowest BCUT2D eigenvalue weighted by molar-refractivity contribution is -0.402. The fourth-order valence-corrected chi connectivity index (χ4v) is 0.894. The van der Waals surface area contributed by atoms with Crippen molar-refractivity contribution in [3.8, 4) is 0 Å². The molecule has 0 aliphatic rings. The van der Waals surface area contributed by atoms with Gasteiger partial charge in [0.2, 0.25) is 6.20 Å². The monoisotopic (exact) mass is 190 g/mol. The lowest BCUT2D eigenvalue weighted by atomic mass is 10.2. The molecule has 2 N–H and O–H groups in total. The summed E-state index contributed by atoms with van der Waals surface area (Å²) in [6.07, 6.45) is 5.62. The first-order valence-electron chi connectivity index (χ1n) is 4.02. The van der Waals surface area contributed by atoms with Gasteiger partial charge >= 0.3 is 0 Å². The van der Waals surface area contributed by atoms with E-state index in [1.54, 1.807) is 24.3 Å². The Morgan fingerprint density at radius 2 is 1.86 bits per heavy atom. The van der Waals surface area contributed by atoms with Crippen molar-refractivity contribution in [3.63, 3.8) is 0 Å². The summed E-state index contributed by atoms with van der Waals surface area (Å²) in [5.41, 5.74) is 7.14. The van der Waals surface area contributed by atoms with E-state index in [0.29, 0.717) is 5.69 Å². The van der Waals surface area contributed by atoms with Crippen LogP contribution >= 0.6 is 0 Å². The molecule has 0 bridgehead atoms. The highest BCUT2D eigenvalue weighted by Gasteiger charge is 1.85. The normalized spacial score (nSPS) is 11.1. The van der Waals surface area contributed by atoms with Gasteiger partial charge in [-0.3, -0.25) is 10.1 Å². The average Bonchev–Trinajstić information content (AvgIpc) is 2.15. The van der Waals surface area contributed by atoms with Gasteiger partial charge in [0.25, 0.3) is 0 Å². The Balaban J connectivity index is 2.60. The van der Waals surface area contributed by atoms with Crippen molar-refractivity contribution in [2.45, 2.75) is 0 Å². The molecular weight excluding hydrogens is 180 g/mol. The minimum absolute atomic E-state index is 0.507. The molecule has 72 valence electrons. The summed E-state index contributed by atoms with van der Waals surface area (Å²) in [7, 11) is 0. The van der Waals surface area contributed by atoms with E-state index in [4.69, 9.17) is 5.73 Å². The van der Waals surface area contributed by atoms with Crippen LogP contribution in [0.25, 0.3) is 6.08 Å². The highest BCUT2D eigenvalue weighted by atomic mass is 16.6. The maximum atomic E-state index is 9.92. The van der Waals surface area contributed by atoms with Gasteiger partial charge in [-0.05, 0) is 17.7 Å². The summed E-state index contributed by atoms with van der Waals surface area (Å²) in [6.45, 7) is 0. The molecule has 0 aliphatic carbocycles. The number of nitrogen functional groups attached to an aromatic ring is 1. The molecule has 0 atom stereocenters. The Labute approximate surface area is 81.5 Å². The molecule has 0 aliphatic heterocycles. The molecule has 0 aromatic heterocycles. The van der Waals surface area contributed by atoms with Crippen molar-refractivity contribution in [1.29, 1.82) is 0 Å². The van der Waals surface area contributed by atoms with Gasteiger partial charge < -0.3 is 5.73 Å². The summed E-state index contributed by atoms with van der Waals surface area (Å²) in [5.74, 6) is 0. The summed E-state index contributed by atoms with van der Waals surface area (Å²) in [6, 6.07) is 7.23. The molecular formula is C10H10N2O2. The predicted octanol–water partition coefficient (Wildman–Crippen LogP) is 2.07. The van der Waals surface area contributed by atoms with Gasteiger partial charge in [-0.1, -0.05) is 24.3 Å². The van der Waals surface area contributed by atoms with Crippen molar-refractivity contribution in [1.82, 2.24) is 0 Å². The van der Waals surface area contributed by atoms with E-state index in [1.165, 1.54) is 6.08 Å². The number of nitrogens with zero attached hydrogens (tertiary/aromatic N) is 1. The average molecular weight is 190 g/mol. The van der Waals surface area contributed by atoms with Crippen LogP contribution in [0.3, 0.4) is 0 Å². The third kappa shape index (κ3) is 3.53. The molecule has 1 rings (SSSR count). The second kappa shape index (κ2) is 4.81. The van der Waals surface area contributed by atoms with Crippen LogP contribution in [-0.4, -0.2) is 4.92 Å². The molecule has 1 aromatic rings. The number of benzene rings is 1. The zero-order valence-corrected chi connectivity index (χ0v) is 7.46. The topological polar surface area (TPSA) is 69.2 Å². The summed E-state index contributed by atoms with van der Waals surface area (Å²) in [5, 5.41) is 9.92. The predicted molar refractivity (Wildman–Crippen MR) is 56.0 cm³/mol. The first-order chi connectivity index (χ1) is 6.68. The number of nitro groups is 1. The third-order valence-corrected chi connectivity index (χ3v) is 1.54. The van der Waals surface area contributed by atoms with Crippen molar-refractivity contribution in [2.75, 3.05) is 5.73 Å². The first-order valence-corrected chi connectivity index (χ1v) is 4.02. The number of nitrogens with two attached hydrogens (primary N) is 1. The minimum Gasteiger partial charge on any atom is -0.399 e. The zero-order chi connectivity index (χ0) is 10.4. The van der Waals surface area contributed by atoms with E-state index < -0.39 is 4.92 Å². The van der Waals surface area contributed by atoms with Gasteiger partial charge in [-0.25, -0.2) is 0 Å². The SMILES string of the molecule is Nc1ccc(C=CC=C[N+](=O)[O-])cc1. The lowest BCUT2D eigenvalue weighted by Crippen LogP contribution is -1.82. The van der Waals surface area contributed by atoms with Crippen LogP contribution in [0.1, 0.15) is 5.56 Å². The van der Waals surface area contributed by atoms with E-state index >= 15 is 0 Å². The molecule has 0 amide bonds. The highest BCUT2D eigenvalue weighted by Crippen LogP contribution is 2.06. The molecule has 0 unspecified atom stereocenters. The van der Waals surface area contributed by atoms with Crippen LogP contribution in [0.2, 0.25) is 0 Å². The molecule has 0 spiro atoms. The van der Waals surface area contributed by atoms with Crippen LogP contribution in [0.5, 0.6) is 0 Å². The number of anilines is 1. The fourth-order valence-electron chi connectivity index (χ4n) is 0.894. The molecule has 4 heteroatoms. The Kier molecular flexibility index (Phi) is 3.43. The molecule has 1 aromatic carbocycles. The largest absolute Gasteiger partial charge is 0.399 e. The maximum Gasteiger partial charge on any atom is 0.234 e. The quantitative estimate of drug-likeness (QED) is 0.343. The lowest BCUT2D eigenvalue weighted by Gasteiger charge is -1.92. The van der Waals surface area contributed by atoms with Crippen LogP contribution in [0, 0.1) is 10.1 Å². The summed E-state index contributed by atoms with van der Waals surface area (Å²) >= 11 is 0. The van der Waals surface area contributed by atoms with E-state index in [1.807, 2.05) is 12.1 Å². The van der Waals surface area contributed by atoms with Crippen LogP contribution < -0.4 is 5.73 Å². The number of hydrogen-bond acceptors (Lipinski definition) is 3. The van der Waals surface area contributed by atoms with Crippen LogP contribution in [0.15, 0.2) is 42.6 Å². The number of rotatable bonds is 3. The second-order valence-electron chi connectivity index (χ2n) is 2.65. The summed E-state index contributed by atoms with van der Waals surface area (Å²) < 4.78 is 0. The Morgan fingerprint density at radius 3 is 2.43 bits per heavy atom. The van der Waals surface area contributed by atoms with Gasteiger partial charge in [0, 0.05) is 11.8 Å². The van der Waals surface area contributed by atoms with Crippen molar-refractivity contribution in [3.05, 3.63) is 58.3 Å². The molecule has 14 heavy (non-hydrogen) atoms. The Hall–Kier alpha value is -2.10. The van der Waals surface area contributed by atoms with Gasteiger partial charge in [-0.15, -0.1) is 0 Å². The molecule has 0 saturated carbocycles. The van der Waals surface area contributed by atoms with Gasteiger partial charge in [0.05, 0.1) is 4.92 Å². The Morgan fingerprint density at radius 1 is 1.21 bits per heavy atom. The van der Waals surface area contributed by atoms with E-state index in [9.17, 15) is 10.1 Å². The number of allylic oxidation sites excluding steroid dienone is 2. The molecule has 0 heterocycles. The summed E-state index contributed by atoms with van der Waals surface area (Å²) in [4.78, 5) is 9.42. The minimum atomic E-state index is -0.507. The number of hydrogen-bond donors (Lipinski definition) is 1. The third-order valence-electron chi connectivity index (χ3n) is 1.54. The van der Waals surface area contributed by atoms with Gasteiger partial charge in [-0.2, -0.15) is 0 Å². The van der Waals surface area contributed by atoms with Gasteiger partial charge in [0.1, 0.15) is 0 Å². The molecule has 0 radical (unpaired) electrons. The smallest absolute Gasteiger partial charge is 0.234 e. The van der Waals surface area contributed by atoms with Crippen molar-refractivity contribution < 1.29 is 4.92 Å². The van der Waals surface area contributed by atoms with Crippen LogP contribution in [-0.2, 0) is 0 Å². The standard InChI is InChI=1S/C10H10N2O2/c11-10-6-4-9(5-7-10)3-1-2-8-12(13)14/h1-8H,11H2.